The van der Waals surface area contributed by atoms with Gasteiger partial charge in [-0.3, -0.25) is 4.79 Å². The molecule has 1 aliphatic heterocycles. The van der Waals surface area contributed by atoms with Crippen LogP contribution in [0.5, 0.6) is 0 Å². The normalized spacial score (nSPS) is 15.1. The van der Waals surface area contributed by atoms with Gasteiger partial charge in [0.1, 0.15) is 16.5 Å². The van der Waals surface area contributed by atoms with Gasteiger partial charge >= 0.3 is 0 Å². The number of amides is 1. The Labute approximate surface area is 184 Å². The Morgan fingerprint density at radius 2 is 1.75 bits per heavy atom. The van der Waals surface area contributed by atoms with E-state index in [4.69, 9.17) is 4.42 Å². The summed E-state index contributed by atoms with van der Waals surface area (Å²) in [5.74, 6) is -0.929. The molecule has 3 aromatic rings. The van der Waals surface area contributed by atoms with Crippen LogP contribution in [0, 0.1) is 11.6 Å². The number of rotatable bonds is 6. The van der Waals surface area contributed by atoms with E-state index < -0.39 is 26.6 Å². The van der Waals surface area contributed by atoms with Gasteiger partial charge in [0.2, 0.25) is 15.9 Å². The molecule has 2 aromatic carbocycles. The van der Waals surface area contributed by atoms with Gasteiger partial charge in [0.15, 0.2) is 11.7 Å². The summed E-state index contributed by atoms with van der Waals surface area (Å²) in [5, 5.41) is 0. The van der Waals surface area contributed by atoms with E-state index in [1.165, 1.54) is 0 Å². The van der Waals surface area contributed by atoms with Crippen LogP contribution in [0.2, 0.25) is 0 Å². The average molecular weight is 461 g/mol. The number of aromatic nitrogens is 1. The smallest absolute Gasteiger partial charge is 0.246 e. The van der Waals surface area contributed by atoms with Crippen LogP contribution >= 0.6 is 0 Å². The highest BCUT2D eigenvalue weighted by Crippen LogP contribution is 2.23. The van der Waals surface area contributed by atoms with E-state index in [0.29, 0.717) is 24.1 Å². The number of halogens is 2. The van der Waals surface area contributed by atoms with Crippen LogP contribution in [0.4, 0.5) is 8.78 Å². The number of sulfonamides is 1. The van der Waals surface area contributed by atoms with Crippen molar-refractivity contribution in [1.82, 2.24) is 14.2 Å². The second kappa shape index (κ2) is 9.17. The average Bonchev–Trinajstić information content (AvgIpc) is 3.29. The minimum Gasteiger partial charge on any atom is -0.441 e. The molecule has 0 spiro atoms. The Morgan fingerprint density at radius 3 is 2.47 bits per heavy atom. The molecule has 2 heterocycles. The first-order chi connectivity index (χ1) is 15.3. The summed E-state index contributed by atoms with van der Waals surface area (Å²) in [6, 6.07) is 11.8. The molecule has 1 amide bonds. The van der Waals surface area contributed by atoms with Crippen LogP contribution in [-0.4, -0.2) is 54.7 Å². The lowest BCUT2D eigenvalue weighted by molar-refractivity contribution is -0.132. The third-order valence-electron chi connectivity index (χ3n) is 5.27. The highest BCUT2D eigenvalue weighted by Gasteiger charge is 2.32. The van der Waals surface area contributed by atoms with Crippen molar-refractivity contribution in [1.29, 1.82) is 0 Å². The van der Waals surface area contributed by atoms with Gasteiger partial charge in [0, 0.05) is 44.6 Å². The van der Waals surface area contributed by atoms with E-state index in [1.54, 1.807) is 11.1 Å². The van der Waals surface area contributed by atoms with E-state index in [9.17, 15) is 22.0 Å². The third kappa shape index (κ3) is 4.71. The molecule has 0 radical (unpaired) electrons. The zero-order valence-electron chi connectivity index (χ0n) is 17.1. The Kier molecular flexibility index (Phi) is 6.33. The predicted octanol–water partition coefficient (Wildman–Crippen LogP) is 3.09. The van der Waals surface area contributed by atoms with Crippen molar-refractivity contribution >= 4 is 15.9 Å². The molecule has 0 bridgehead atoms. The van der Waals surface area contributed by atoms with Crippen molar-refractivity contribution in [3.8, 4) is 11.3 Å². The van der Waals surface area contributed by atoms with Crippen LogP contribution in [0.3, 0.4) is 0 Å². The topological polar surface area (TPSA) is 83.7 Å². The van der Waals surface area contributed by atoms with E-state index in [2.05, 4.69) is 4.98 Å². The maximum atomic E-state index is 13.9. The Bertz CT molecular complexity index is 1210. The predicted molar refractivity (Wildman–Crippen MR) is 112 cm³/mol. The molecule has 32 heavy (non-hydrogen) atoms. The largest absolute Gasteiger partial charge is 0.441 e. The molecule has 1 fully saturated rings. The molecule has 1 aromatic heterocycles. The molecular formula is C22H21F2N3O4S. The van der Waals surface area contributed by atoms with Gasteiger partial charge < -0.3 is 9.32 Å². The quantitative estimate of drug-likeness (QED) is 0.563. The Hall–Kier alpha value is -3.11. The van der Waals surface area contributed by atoms with E-state index >= 15 is 0 Å². The van der Waals surface area contributed by atoms with Crippen LogP contribution < -0.4 is 0 Å². The van der Waals surface area contributed by atoms with E-state index in [0.717, 1.165) is 22.0 Å². The Balaban J connectivity index is 1.32. The van der Waals surface area contributed by atoms with Crippen molar-refractivity contribution in [2.75, 3.05) is 26.2 Å². The summed E-state index contributed by atoms with van der Waals surface area (Å²) in [5.41, 5.74) is 0.893. The van der Waals surface area contributed by atoms with Crippen LogP contribution in [0.15, 0.2) is 64.0 Å². The third-order valence-corrected chi connectivity index (χ3v) is 7.18. The summed E-state index contributed by atoms with van der Waals surface area (Å²) in [6.45, 7) is 0.327. The highest BCUT2D eigenvalue weighted by atomic mass is 32.2. The van der Waals surface area contributed by atoms with Crippen molar-refractivity contribution in [3.05, 3.63) is 72.3 Å². The van der Waals surface area contributed by atoms with Crippen LogP contribution in [0.25, 0.3) is 11.3 Å². The first kappa shape index (κ1) is 22.1. The molecule has 7 nitrogen and oxygen atoms in total. The lowest BCUT2D eigenvalue weighted by Gasteiger charge is -2.34. The number of aryl methyl sites for hydroxylation is 1. The highest BCUT2D eigenvalue weighted by molar-refractivity contribution is 7.89. The number of carbonyl (C=O) groups is 1. The minimum absolute atomic E-state index is 0.00117. The van der Waals surface area contributed by atoms with Crippen molar-refractivity contribution < 1.29 is 26.4 Å². The molecule has 1 saturated heterocycles. The zero-order chi connectivity index (χ0) is 22.7. The molecular weight excluding hydrogens is 440 g/mol. The number of benzene rings is 2. The maximum Gasteiger partial charge on any atom is 0.246 e. The molecule has 0 atom stereocenters. The van der Waals surface area contributed by atoms with Crippen LogP contribution in [0.1, 0.15) is 12.3 Å². The number of nitrogens with zero attached hydrogens (tertiary/aromatic N) is 3. The second-order valence-corrected chi connectivity index (χ2v) is 9.25. The SMILES string of the molecule is O=C(CCc1ncc(-c2ccccc2)o1)N1CCN(S(=O)(=O)c2cc(F)ccc2F)CC1. The van der Waals surface area contributed by atoms with Crippen molar-refractivity contribution in [2.24, 2.45) is 0 Å². The summed E-state index contributed by atoms with van der Waals surface area (Å²) in [6.07, 6.45) is 2.10. The molecule has 0 saturated carbocycles. The van der Waals surface area contributed by atoms with Crippen molar-refractivity contribution in [3.63, 3.8) is 0 Å². The number of oxazole rings is 1. The van der Waals surface area contributed by atoms with Gasteiger partial charge in [-0.1, -0.05) is 30.3 Å². The summed E-state index contributed by atoms with van der Waals surface area (Å²) >= 11 is 0. The molecule has 1 aliphatic rings. The number of hydrogen-bond acceptors (Lipinski definition) is 5. The van der Waals surface area contributed by atoms with Gasteiger partial charge in [-0.05, 0) is 18.2 Å². The monoisotopic (exact) mass is 461 g/mol. The first-order valence-electron chi connectivity index (χ1n) is 10.1. The lowest BCUT2D eigenvalue weighted by atomic mass is 10.2. The van der Waals surface area contributed by atoms with Gasteiger partial charge in [-0.2, -0.15) is 4.31 Å². The summed E-state index contributed by atoms with van der Waals surface area (Å²) in [4.78, 5) is 17.6. The molecule has 10 heteroatoms. The van der Waals surface area contributed by atoms with Gasteiger partial charge in [0.05, 0.1) is 6.20 Å². The number of piperazine rings is 1. The fourth-order valence-electron chi connectivity index (χ4n) is 3.53. The maximum absolute atomic E-state index is 13.9. The summed E-state index contributed by atoms with van der Waals surface area (Å²) in [7, 11) is -4.19. The van der Waals surface area contributed by atoms with Gasteiger partial charge in [-0.15, -0.1) is 0 Å². The minimum atomic E-state index is -4.19. The van der Waals surface area contributed by atoms with Crippen molar-refractivity contribution in [2.45, 2.75) is 17.7 Å². The first-order valence-corrected chi connectivity index (χ1v) is 11.5. The number of hydrogen-bond donors (Lipinski definition) is 0. The summed E-state index contributed by atoms with van der Waals surface area (Å²) < 4.78 is 59.5. The molecule has 0 aliphatic carbocycles. The van der Waals surface area contributed by atoms with Gasteiger partial charge in [-0.25, -0.2) is 22.2 Å². The molecule has 0 N–H and O–H groups in total. The zero-order valence-corrected chi connectivity index (χ0v) is 17.9. The molecule has 168 valence electrons. The van der Waals surface area contributed by atoms with Crippen LogP contribution in [-0.2, 0) is 21.2 Å². The fourth-order valence-corrected chi connectivity index (χ4v) is 5.02. The molecule has 0 unspecified atom stereocenters. The molecule has 4 rings (SSSR count). The standard InChI is InChI=1S/C22H21F2N3O4S/c23-17-6-7-18(24)20(14-17)32(29,30)27-12-10-26(11-13-27)22(28)9-8-21-25-15-19(31-21)16-4-2-1-3-5-16/h1-7,14-15H,8-13H2. The van der Waals surface area contributed by atoms with E-state index in [-0.39, 0.29) is 38.5 Å². The number of carbonyl (C=O) groups excluding carboxylic acids is 1. The fraction of sp³-hybridized carbons (Fsp3) is 0.273. The van der Waals surface area contributed by atoms with E-state index in [1.807, 2.05) is 30.3 Å². The lowest BCUT2D eigenvalue weighted by Crippen LogP contribution is -2.50. The van der Waals surface area contributed by atoms with Gasteiger partial charge in [0.25, 0.3) is 0 Å². The second-order valence-electron chi connectivity index (χ2n) is 7.34. The Morgan fingerprint density at radius 1 is 1.03 bits per heavy atom.